The maximum atomic E-state index is 14.1. The maximum Gasteiger partial charge on any atom is 0.274 e. The molecular weight excluding hydrogens is 497 g/mol. The number of H-pyrrole nitrogens is 2. The Bertz CT molecular complexity index is 1660. The molecule has 3 N–H and O–H groups in total. The molecule has 1 aliphatic rings. The summed E-state index contributed by atoms with van der Waals surface area (Å²) in [6.45, 7) is 2.82. The number of phenolic OH excluding ortho intramolecular Hbond substituents is 1. The van der Waals surface area contributed by atoms with E-state index >= 15 is 0 Å². The molecule has 0 spiro atoms. The fourth-order valence-electron chi connectivity index (χ4n) is 4.69. The van der Waals surface area contributed by atoms with Crippen molar-refractivity contribution in [3.63, 3.8) is 0 Å². The lowest BCUT2D eigenvalue weighted by molar-refractivity contribution is 0.0725. The predicted octanol–water partition coefficient (Wildman–Crippen LogP) is 4.67. The van der Waals surface area contributed by atoms with Gasteiger partial charge in [0.25, 0.3) is 5.91 Å². The number of nitrogens with zero attached hydrogens (tertiary/aromatic N) is 5. The first kappa shape index (κ1) is 23.1. The average Bonchev–Trinajstić information content (AvgIpc) is 3.53. The van der Waals surface area contributed by atoms with Crippen LogP contribution in [-0.2, 0) is 19.4 Å². The molecule has 2 aromatic carbocycles. The summed E-state index contributed by atoms with van der Waals surface area (Å²) >= 11 is 5.78. The summed E-state index contributed by atoms with van der Waals surface area (Å²) in [5, 5.41) is 18.4. The molecule has 0 aliphatic carbocycles. The summed E-state index contributed by atoms with van der Waals surface area (Å²) in [4.78, 5) is 30.7. The Morgan fingerprint density at radius 1 is 1.22 bits per heavy atom. The number of benzene rings is 2. The smallest absolute Gasteiger partial charge is 0.274 e. The molecule has 0 fully saturated rings. The molecule has 0 unspecified atom stereocenters. The van der Waals surface area contributed by atoms with Crippen molar-refractivity contribution in [2.75, 3.05) is 6.54 Å². The van der Waals surface area contributed by atoms with Crippen LogP contribution >= 0.6 is 11.6 Å². The van der Waals surface area contributed by atoms with E-state index in [0.717, 1.165) is 39.0 Å². The van der Waals surface area contributed by atoms with Crippen molar-refractivity contribution >= 4 is 28.4 Å². The molecule has 0 bridgehead atoms. The van der Waals surface area contributed by atoms with E-state index in [1.165, 1.54) is 24.5 Å². The molecule has 0 radical (unpaired) electrons. The van der Waals surface area contributed by atoms with Crippen LogP contribution in [0.2, 0.25) is 5.15 Å². The number of carbonyl (C=O) groups excluding carboxylic acids is 1. The normalized spacial score (nSPS) is 13.2. The van der Waals surface area contributed by atoms with Gasteiger partial charge in [0, 0.05) is 24.0 Å². The van der Waals surface area contributed by atoms with E-state index in [-0.39, 0.29) is 22.5 Å². The largest absolute Gasteiger partial charge is 0.505 e. The number of amides is 1. The standard InChI is InChI=1S/C26H21ClFN7O2/c1-2-13-8-22(36)17(28)9-16(13)14-3-4-15-19(7-14)33-34-24(15)25-31-18-5-6-35(12-21(18)32-25)26(37)20-10-30-23(27)11-29-20/h3-4,7-11,36H,2,5-6,12H2,1H3,(H,31,32)(H,33,34). The molecule has 186 valence electrons. The van der Waals surface area contributed by atoms with Crippen molar-refractivity contribution in [1.82, 2.24) is 35.0 Å². The molecule has 9 nitrogen and oxygen atoms in total. The van der Waals surface area contributed by atoms with E-state index in [2.05, 4.69) is 25.1 Å². The van der Waals surface area contributed by atoms with Gasteiger partial charge in [-0.25, -0.2) is 19.3 Å². The molecule has 11 heteroatoms. The van der Waals surface area contributed by atoms with Crippen molar-refractivity contribution in [1.29, 1.82) is 0 Å². The highest BCUT2D eigenvalue weighted by Gasteiger charge is 2.26. The van der Waals surface area contributed by atoms with Crippen molar-refractivity contribution in [3.8, 4) is 28.4 Å². The van der Waals surface area contributed by atoms with Gasteiger partial charge in [0.2, 0.25) is 0 Å². The van der Waals surface area contributed by atoms with Gasteiger partial charge in [0.15, 0.2) is 17.4 Å². The number of aryl methyl sites for hydroxylation is 1. The van der Waals surface area contributed by atoms with E-state index in [1.807, 2.05) is 25.1 Å². The molecule has 0 atom stereocenters. The summed E-state index contributed by atoms with van der Waals surface area (Å²) in [6, 6.07) is 8.56. The predicted molar refractivity (Wildman–Crippen MR) is 136 cm³/mol. The minimum absolute atomic E-state index is 0.228. The zero-order valence-corrected chi connectivity index (χ0v) is 20.5. The number of phenols is 1. The molecule has 1 amide bonds. The number of halogens is 2. The van der Waals surface area contributed by atoms with Crippen LogP contribution in [0.15, 0.2) is 42.7 Å². The van der Waals surface area contributed by atoms with Crippen LogP contribution < -0.4 is 0 Å². The molecule has 37 heavy (non-hydrogen) atoms. The summed E-state index contributed by atoms with van der Waals surface area (Å²) in [5.74, 6) is -0.633. The summed E-state index contributed by atoms with van der Waals surface area (Å²) in [7, 11) is 0. The molecule has 6 rings (SSSR count). The fraction of sp³-hybridized carbons (Fsp3) is 0.192. The quantitative estimate of drug-likeness (QED) is 0.318. The first-order valence-corrected chi connectivity index (χ1v) is 12.1. The lowest BCUT2D eigenvalue weighted by Gasteiger charge is -2.25. The topological polar surface area (TPSA) is 124 Å². The number of rotatable bonds is 4. The van der Waals surface area contributed by atoms with Crippen LogP contribution in [-0.4, -0.2) is 52.6 Å². The third kappa shape index (κ3) is 4.09. The van der Waals surface area contributed by atoms with Crippen LogP contribution in [0, 0.1) is 5.82 Å². The minimum atomic E-state index is -0.658. The van der Waals surface area contributed by atoms with Crippen molar-refractivity contribution in [2.45, 2.75) is 26.3 Å². The number of hydrogen-bond donors (Lipinski definition) is 3. The summed E-state index contributed by atoms with van der Waals surface area (Å²) in [6.07, 6.45) is 3.99. The number of aromatic hydroxyl groups is 1. The van der Waals surface area contributed by atoms with Gasteiger partial charge in [-0.3, -0.25) is 9.89 Å². The Hall–Kier alpha value is -4.31. The lowest BCUT2D eigenvalue weighted by Crippen LogP contribution is -2.36. The third-order valence-corrected chi connectivity index (χ3v) is 6.81. The van der Waals surface area contributed by atoms with Crippen LogP contribution in [0.3, 0.4) is 0 Å². The van der Waals surface area contributed by atoms with E-state index in [1.54, 1.807) is 4.90 Å². The van der Waals surface area contributed by atoms with Crippen LogP contribution in [0.25, 0.3) is 33.5 Å². The first-order chi connectivity index (χ1) is 17.9. The Balaban J connectivity index is 1.29. The van der Waals surface area contributed by atoms with Crippen molar-refractivity contribution in [3.05, 3.63) is 76.3 Å². The molecule has 1 aliphatic heterocycles. The van der Waals surface area contributed by atoms with Gasteiger partial charge in [-0.1, -0.05) is 24.6 Å². The molecule has 0 saturated carbocycles. The number of hydrogen-bond acceptors (Lipinski definition) is 6. The monoisotopic (exact) mass is 517 g/mol. The second kappa shape index (κ2) is 8.97. The molecule has 0 saturated heterocycles. The Morgan fingerprint density at radius 2 is 2.08 bits per heavy atom. The number of carbonyl (C=O) groups is 1. The highest BCUT2D eigenvalue weighted by atomic mass is 35.5. The van der Waals surface area contributed by atoms with Gasteiger partial charge < -0.3 is 15.0 Å². The number of fused-ring (bicyclic) bond motifs is 2. The molecular formula is C26H21ClFN7O2. The van der Waals surface area contributed by atoms with Gasteiger partial charge in [-0.05, 0) is 47.4 Å². The Labute approximate surface area is 215 Å². The third-order valence-electron chi connectivity index (χ3n) is 6.62. The first-order valence-electron chi connectivity index (χ1n) is 11.8. The van der Waals surface area contributed by atoms with Gasteiger partial charge in [0.05, 0.1) is 30.1 Å². The maximum absolute atomic E-state index is 14.1. The zero-order valence-electron chi connectivity index (χ0n) is 19.7. The van der Waals surface area contributed by atoms with Gasteiger partial charge in [-0.2, -0.15) is 5.10 Å². The molecule has 4 heterocycles. The van der Waals surface area contributed by atoms with E-state index in [9.17, 15) is 14.3 Å². The van der Waals surface area contributed by atoms with Crippen molar-refractivity contribution in [2.24, 2.45) is 0 Å². The van der Waals surface area contributed by atoms with E-state index in [4.69, 9.17) is 16.6 Å². The number of nitrogens with one attached hydrogen (secondary N) is 2. The lowest BCUT2D eigenvalue weighted by atomic mass is 9.96. The number of imidazole rings is 1. The van der Waals surface area contributed by atoms with E-state index < -0.39 is 5.82 Å². The SMILES string of the molecule is CCc1cc(O)c(F)cc1-c1ccc2c(-c3nc4c([nH]3)CCN(C(=O)c3cnc(Cl)cn3)C4)n[nH]c2c1. The second-order valence-corrected chi connectivity index (χ2v) is 9.25. The van der Waals surface area contributed by atoms with Gasteiger partial charge >= 0.3 is 0 Å². The average molecular weight is 518 g/mol. The molecule has 5 aromatic rings. The summed E-state index contributed by atoms with van der Waals surface area (Å²) in [5.41, 5.74) is 5.78. The fourth-order valence-corrected chi connectivity index (χ4v) is 4.79. The second-order valence-electron chi connectivity index (χ2n) is 8.86. The van der Waals surface area contributed by atoms with Crippen molar-refractivity contribution < 1.29 is 14.3 Å². The van der Waals surface area contributed by atoms with Gasteiger partial charge in [0.1, 0.15) is 16.5 Å². The van der Waals surface area contributed by atoms with Gasteiger partial charge in [-0.15, -0.1) is 0 Å². The summed E-state index contributed by atoms with van der Waals surface area (Å²) < 4.78 is 14.1. The van der Waals surface area contributed by atoms with Crippen LogP contribution in [0.4, 0.5) is 4.39 Å². The zero-order chi connectivity index (χ0) is 25.7. The van der Waals surface area contributed by atoms with Crippen LogP contribution in [0.5, 0.6) is 5.75 Å². The molecule has 3 aromatic heterocycles. The highest BCUT2D eigenvalue weighted by Crippen LogP contribution is 2.34. The van der Waals surface area contributed by atoms with E-state index in [0.29, 0.717) is 37.4 Å². The Kier molecular flexibility index (Phi) is 5.60. The number of aromatic amines is 2. The Morgan fingerprint density at radius 3 is 2.86 bits per heavy atom. The van der Waals surface area contributed by atoms with Crippen LogP contribution in [0.1, 0.15) is 34.4 Å². The number of aromatic nitrogens is 6. The minimum Gasteiger partial charge on any atom is -0.505 e. The highest BCUT2D eigenvalue weighted by molar-refractivity contribution is 6.29.